The highest BCUT2D eigenvalue weighted by Gasteiger charge is 2.38. The van der Waals surface area contributed by atoms with E-state index in [1.165, 1.54) is 6.07 Å². The van der Waals surface area contributed by atoms with Crippen LogP contribution in [0.2, 0.25) is 5.02 Å². The normalized spacial score (nSPS) is 16.7. The Morgan fingerprint density at radius 3 is 2.36 bits per heavy atom. The molecule has 2 fully saturated rings. The minimum Gasteiger partial charge on any atom is -0.339 e. The number of hydrogen-bond acceptors (Lipinski definition) is 2. The van der Waals surface area contributed by atoms with Gasteiger partial charge < -0.3 is 9.80 Å². The quantitative estimate of drug-likeness (QED) is 0.487. The number of hydrogen-bond donors (Lipinski definition) is 0. The van der Waals surface area contributed by atoms with Gasteiger partial charge in [0.15, 0.2) is 0 Å². The molecule has 6 heteroatoms. The first-order valence-corrected chi connectivity index (χ1v) is 11.9. The molecule has 1 aliphatic heterocycles. The molecular weight excluding hydrogens is 439 g/mol. The van der Waals surface area contributed by atoms with Crippen LogP contribution in [0, 0.1) is 11.7 Å². The van der Waals surface area contributed by atoms with E-state index < -0.39 is 0 Å². The van der Waals surface area contributed by atoms with Gasteiger partial charge >= 0.3 is 0 Å². The number of nitrogens with zero attached hydrogens (tertiary/aromatic N) is 2. The van der Waals surface area contributed by atoms with Gasteiger partial charge in [-0.1, -0.05) is 54.1 Å². The predicted molar refractivity (Wildman–Crippen MR) is 128 cm³/mol. The molecule has 0 N–H and O–H groups in total. The molecule has 0 atom stereocenters. The standard InChI is InChI=1S/C27H26ClFN2O2/c28-24-9-4-10-25(29)23(24)17-31(20-11-12-20)26(32)19-13-15-30(16-14-19)27(33)22-8-3-6-18-5-1-2-7-21(18)22/h1-10,19-20H,11-17H2. The van der Waals surface area contributed by atoms with Crippen LogP contribution in [-0.2, 0) is 11.3 Å². The molecule has 170 valence electrons. The summed E-state index contributed by atoms with van der Waals surface area (Å²) >= 11 is 6.22. The van der Waals surface area contributed by atoms with Gasteiger partial charge in [0, 0.05) is 41.2 Å². The van der Waals surface area contributed by atoms with E-state index in [1.807, 2.05) is 47.4 Å². The van der Waals surface area contributed by atoms with Crippen molar-refractivity contribution < 1.29 is 14.0 Å². The second kappa shape index (κ2) is 9.14. The molecule has 0 spiro atoms. The lowest BCUT2D eigenvalue weighted by molar-refractivity contribution is -0.138. The first-order chi connectivity index (χ1) is 16.0. The highest BCUT2D eigenvalue weighted by Crippen LogP contribution is 2.34. The molecule has 1 heterocycles. The second-order valence-corrected chi connectivity index (χ2v) is 9.40. The number of carbonyl (C=O) groups excluding carboxylic acids is 2. The molecule has 5 rings (SSSR count). The molecule has 1 saturated heterocycles. The molecule has 0 bridgehead atoms. The second-order valence-electron chi connectivity index (χ2n) is 8.99. The summed E-state index contributed by atoms with van der Waals surface area (Å²) in [6, 6.07) is 18.4. The Hall–Kier alpha value is -2.92. The molecule has 2 aliphatic rings. The Morgan fingerprint density at radius 1 is 0.939 bits per heavy atom. The van der Waals surface area contributed by atoms with Gasteiger partial charge in [-0.05, 0) is 54.7 Å². The molecule has 2 amide bonds. The van der Waals surface area contributed by atoms with E-state index in [0.29, 0.717) is 42.1 Å². The third-order valence-electron chi connectivity index (χ3n) is 6.81. The zero-order valence-corrected chi connectivity index (χ0v) is 19.1. The number of piperidine rings is 1. The Morgan fingerprint density at radius 2 is 1.64 bits per heavy atom. The van der Waals surface area contributed by atoms with Crippen molar-refractivity contribution in [2.45, 2.75) is 38.3 Å². The lowest BCUT2D eigenvalue weighted by Crippen LogP contribution is -2.45. The maximum absolute atomic E-state index is 14.3. The summed E-state index contributed by atoms with van der Waals surface area (Å²) in [6.07, 6.45) is 3.11. The molecule has 0 unspecified atom stereocenters. The largest absolute Gasteiger partial charge is 0.339 e. The zero-order valence-electron chi connectivity index (χ0n) is 18.3. The summed E-state index contributed by atoms with van der Waals surface area (Å²) in [5, 5.41) is 2.34. The molecule has 0 radical (unpaired) electrons. The Labute approximate surface area is 197 Å². The fourth-order valence-corrected chi connectivity index (χ4v) is 5.00. The van der Waals surface area contributed by atoms with Crippen molar-refractivity contribution >= 4 is 34.2 Å². The lowest BCUT2D eigenvalue weighted by Gasteiger charge is -2.35. The van der Waals surface area contributed by atoms with Gasteiger partial charge in [0.25, 0.3) is 5.91 Å². The van der Waals surface area contributed by atoms with Crippen molar-refractivity contribution in [2.24, 2.45) is 5.92 Å². The number of likely N-dealkylation sites (tertiary alicyclic amines) is 1. The molecule has 33 heavy (non-hydrogen) atoms. The van der Waals surface area contributed by atoms with E-state index in [2.05, 4.69) is 0 Å². The van der Waals surface area contributed by atoms with Crippen LogP contribution in [0.4, 0.5) is 4.39 Å². The van der Waals surface area contributed by atoms with E-state index in [-0.39, 0.29) is 36.1 Å². The Bertz CT molecular complexity index is 1180. The monoisotopic (exact) mass is 464 g/mol. The van der Waals surface area contributed by atoms with Crippen LogP contribution >= 0.6 is 11.6 Å². The molecule has 3 aromatic rings. The minimum atomic E-state index is -0.378. The van der Waals surface area contributed by atoms with Gasteiger partial charge in [0.05, 0.1) is 6.54 Å². The van der Waals surface area contributed by atoms with E-state index >= 15 is 0 Å². The summed E-state index contributed by atoms with van der Waals surface area (Å²) < 4.78 is 14.3. The van der Waals surface area contributed by atoms with Crippen molar-refractivity contribution in [3.05, 3.63) is 82.6 Å². The summed E-state index contributed by atoms with van der Waals surface area (Å²) in [5.41, 5.74) is 1.08. The summed E-state index contributed by atoms with van der Waals surface area (Å²) in [4.78, 5) is 30.3. The summed E-state index contributed by atoms with van der Waals surface area (Å²) in [7, 11) is 0. The Kier molecular flexibility index (Phi) is 6.07. The van der Waals surface area contributed by atoms with Gasteiger partial charge in [-0.25, -0.2) is 4.39 Å². The number of halogens is 2. The number of carbonyl (C=O) groups is 2. The van der Waals surface area contributed by atoms with Crippen molar-refractivity contribution in [3.63, 3.8) is 0 Å². The molecule has 3 aromatic carbocycles. The molecule has 1 saturated carbocycles. The molecule has 4 nitrogen and oxygen atoms in total. The third kappa shape index (κ3) is 4.47. The van der Waals surface area contributed by atoms with Crippen molar-refractivity contribution in [1.29, 1.82) is 0 Å². The van der Waals surface area contributed by atoms with Gasteiger partial charge in [0.1, 0.15) is 5.82 Å². The number of amides is 2. The lowest BCUT2D eigenvalue weighted by atomic mass is 9.94. The molecular formula is C27H26ClFN2O2. The topological polar surface area (TPSA) is 40.6 Å². The van der Waals surface area contributed by atoms with E-state index in [4.69, 9.17) is 11.6 Å². The fourth-order valence-electron chi connectivity index (χ4n) is 4.77. The van der Waals surface area contributed by atoms with Gasteiger partial charge in [-0.3, -0.25) is 9.59 Å². The van der Waals surface area contributed by atoms with Crippen LogP contribution in [0.5, 0.6) is 0 Å². The third-order valence-corrected chi connectivity index (χ3v) is 7.17. The van der Waals surface area contributed by atoms with Crippen LogP contribution in [-0.4, -0.2) is 40.7 Å². The molecule has 1 aliphatic carbocycles. The highest BCUT2D eigenvalue weighted by atomic mass is 35.5. The summed E-state index contributed by atoms with van der Waals surface area (Å²) in [6.45, 7) is 1.28. The predicted octanol–water partition coefficient (Wildman–Crippen LogP) is 5.68. The molecule has 0 aromatic heterocycles. The summed E-state index contributed by atoms with van der Waals surface area (Å²) in [5.74, 6) is -0.479. The zero-order chi connectivity index (χ0) is 22.9. The van der Waals surface area contributed by atoms with Crippen molar-refractivity contribution in [1.82, 2.24) is 9.80 Å². The van der Waals surface area contributed by atoms with Crippen molar-refractivity contribution in [2.75, 3.05) is 13.1 Å². The SMILES string of the molecule is O=C(c1cccc2ccccc12)N1CCC(C(=O)N(Cc2c(F)cccc2Cl)C2CC2)CC1. The average molecular weight is 465 g/mol. The van der Waals surface area contributed by atoms with Gasteiger partial charge in [-0.2, -0.15) is 0 Å². The first-order valence-electron chi connectivity index (χ1n) is 11.5. The number of benzene rings is 3. The van der Waals surface area contributed by atoms with Crippen LogP contribution in [0.15, 0.2) is 60.7 Å². The fraction of sp³-hybridized carbons (Fsp3) is 0.333. The van der Waals surface area contributed by atoms with Crippen LogP contribution in [0.1, 0.15) is 41.6 Å². The van der Waals surface area contributed by atoms with Gasteiger partial charge in [0.2, 0.25) is 5.91 Å². The van der Waals surface area contributed by atoms with E-state index in [1.54, 1.807) is 17.0 Å². The highest BCUT2D eigenvalue weighted by molar-refractivity contribution is 6.31. The van der Waals surface area contributed by atoms with Crippen LogP contribution in [0.3, 0.4) is 0 Å². The smallest absolute Gasteiger partial charge is 0.254 e. The van der Waals surface area contributed by atoms with E-state index in [9.17, 15) is 14.0 Å². The van der Waals surface area contributed by atoms with Gasteiger partial charge in [-0.15, -0.1) is 0 Å². The van der Waals surface area contributed by atoms with Crippen LogP contribution < -0.4 is 0 Å². The van der Waals surface area contributed by atoms with Crippen LogP contribution in [0.25, 0.3) is 10.8 Å². The van der Waals surface area contributed by atoms with Crippen molar-refractivity contribution in [3.8, 4) is 0 Å². The average Bonchev–Trinajstić information content (AvgIpc) is 3.68. The number of rotatable bonds is 5. The number of fused-ring (bicyclic) bond motifs is 1. The maximum atomic E-state index is 14.3. The first kappa shape index (κ1) is 21.9. The Balaban J connectivity index is 1.27. The minimum absolute atomic E-state index is 0.00915. The maximum Gasteiger partial charge on any atom is 0.254 e. The van der Waals surface area contributed by atoms with E-state index in [0.717, 1.165) is 23.6 Å².